The molecule has 1 fully saturated rings. The Balaban J connectivity index is 1.98. The molecule has 7 heteroatoms. The Morgan fingerprint density at radius 1 is 1.28 bits per heavy atom. The lowest BCUT2D eigenvalue weighted by Crippen LogP contribution is -2.35. The van der Waals surface area contributed by atoms with Gasteiger partial charge in [-0.1, -0.05) is 24.4 Å². The van der Waals surface area contributed by atoms with Crippen molar-refractivity contribution < 1.29 is 23.8 Å². The molecule has 0 unspecified atom stereocenters. The molecule has 0 atom stereocenters. The van der Waals surface area contributed by atoms with Crippen molar-refractivity contribution in [3.63, 3.8) is 0 Å². The predicted molar refractivity (Wildman–Crippen MR) is 94.4 cm³/mol. The van der Waals surface area contributed by atoms with Crippen LogP contribution in [0.25, 0.3) is 0 Å². The molecule has 6 nitrogen and oxygen atoms in total. The first-order valence-electron chi connectivity index (χ1n) is 8.41. The molecule has 1 amide bonds. The molecule has 1 aliphatic carbocycles. The van der Waals surface area contributed by atoms with Crippen LogP contribution in [0.5, 0.6) is 11.5 Å². The fourth-order valence-corrected chi connectivity index (χ4v) is 3.00. The number of amides is 1. The van der Waals surface area contributed by atoms with E-state index in [0.29, 0.717) is 11.5 Å². The molecule has 1 aromatic carbocycles. The third-order valence-corrected chi connectivity index (χ3v) is 4.15. The Morgan fingerprint density at radius 3 is 2.56 bits per heavy atom. The maximum absolute atomic E-state index is 12.2. The number of benzene rings is 1. The minimum Gasteiger partial charge on any atom is -0.493 e. The summed E-state index contributed by atoms with van der Waals surface area (Å²) >= 11 is 6.19. The van der Waals surface area contributed by atoms with Gasteiger partial charge in [0, 0.05) is 6.04 Å². The van der Waals surface area contributed by atoms with E-state index in [4.69, 9.17) is 25.8 Å². The summed E-state index contributed by atoms with van der Waals surface area (Å²) in [7, 11) is 1.46. The number of methoxy groups -OCH3 is 1. The van der Waals surface area contributed by atoms with Gasteiger partial charge in [-0.2, -0.15) is 0 Å². The van der Waals surface area contributed by atoms with Gasteiger partial charge in [-0.05, 0) is 38.8 Å². The molecule has 0 bridgehead atoms. The van der Waals surface area contributed by atoms with Gasteiger partial charge in [0.15, 0.2) is 18.1 Å². The summed E-state index contributed by atoms with van der Waals surface area (Å²) in [6, 6.07) is 3.12. The highest BCUT2D eigenvalue weighted by Crippen LogP contribution is 2.37. The van der Waals surface area contributed by atoms with Crippen molar-refractivity contribution in [3.05, 3.63) is 22.7 Å². The van der Waals surface area contributed by atoms with Gasteiger partial charge in [-0.25, -0.2) is 4.79 Å². The standard InChI is InChI=1S/C18H24ClNO5/c1-11(2)25-17-14(19)8-12(9-15(17)23-3)18(22)24-10-16(21)20-13-6-4-5-7-13/h8-9,11,13H,4-7,10H2,1-3H3,(H,20,21). The number of hydrogen-bond donors (Lipinski definition) is 1. The smallest absolute Gasteiger partial charge is 0.338 e. The second kappa shape index (κ2) is 8.94. The number of halogens is 1. The van der Waals surface area contributed by atoms with Gasteiger partial charge < -0.3 is 19.5 Å². The number of carbonyl (C=O) groups excluding carboxylic acids is 2. The molecule has 1 N–H and O–H groups in total. The van der Waals surface area contributed by atoms with E-state index >= 15 is 0 Å². The fraction of sp³-hybridized carbons (Fsp3) is 0.556. The summed E-state index contributed by atoms with van der Waals surface area (Å²) in [6.07, 6.45) is 4.10. The quantitative estimate of drug-likeness (QED) is 0.746. The predicted octanol–water partition coefficient (Wildman–Crippen LogP) is 3.35. The van der Waals surface area contributed by atoms with Crippen LogP contribution in [0.4, 0.5) is 0 Å². The van der Waals surface area contributed by atoms with Crippen LogP contribution in [0.15, 0.2) is 12.1 Å². The van der Waals surface area contributed by atoms with Crippen LogP contribution in [0, 0.1) is 0 Å². The third-order valence-electron chi connectivity index (χ3n) is 3.87. The van der Waals surface area contributed by atoms with Crippen LogP contribution >= 0.6 is 11.6 Å². The van der Waals surface area contributed by atoms with Gasteiger partial charge >= 0.3 is 5.97 Å². The van der Waals surface area contributed by atoms with Gasteiger partial charge in [0.2, 0.25) is 0 Å². The van der Waals surface area contributed by atoms with Gasteiger partial charge in [0.05, 0.1) is 23.8 Å². The normalized spacial score (nSPS) is 14.4. The average molecular weight is 370 g/mol. The highest BCUT2D eigenvalue weighted by Gasteiger charge is 2.20. The Hall–Kier alpha value is -1.95. The minimum absolute atomic E-state index is 0.0940. The Bertz CT molecular complexity index is 626. The summed E-state index contributed by atoms with van der Waals surface area (Å²) in [5.74, 6) is -0.228. The zero-order valence-electron chi connectivity index (χ0n) is 14.8. The van der Waals surface area contributed by atoms with Gasteiger partial charge in [-0.15, -0.1) is 0 Å². The maximum atomic E-state index is 12.2. The molecular formula is C18H24ClNO5. The second-order valence-corrected chi connectivity index (χ2v) is 6.69. The molecule has 1 aromatic rings. The second-order valence-electron chi connectivity index (χ2n) is 6.28. The Kier molecular flexibility index (Phi) is 6.93. The van der Waals surface area contributed by atoms with Crippen molar-refractivity contribution in [1.29, 1.82) is 0 Å². The van der Waals surface area contributed by atoms with Crippen molar-refractivity contribution in [2.24, 2.45) is 0 Å². The number of ether oxygens (including phenoxy) is 3. The maximum Gasteiger partial charge on any atom is 0.338 e. The first-order chi connectivity index (χ1) is 11.9. The highest BCUT2D eigenvalue weighted by molar-refractivity contribution is 6.32. The molecule has 0 heterocycles. The van der Waals surface area contributed by atoms with Gasteiger partial charge in [0.1, 0.15) is 0 Å². The van der Waals surface area contributed by atoms with E-state index in [9.17, 15) is 9.59 Å². The average Bonchev–Trinajstić information content (AvgIpc) is 3.06. The van der Waals surface area contributed by atoms with E-state index in [1.165, 1.54) is 19.2 Å². The van der Waals surface area contributed by atoms with Crippen LogP contribution in [0.1, 0.15) is 49.9 Å². The summed E-state index contributed by atoms with van der Waals surface area (Å²) < 4.78 is 15.9. The molecule has 0 aromatic heterocycles. The monoisotopic (exact) mass is 369 g/mol. The van der Waals surface area contributed by atoms with Crippen molar-refractivity contribution >= 4 is 23.5 Å². The zero-order chi connectivity index (χ0) is 18.4. The number of carbonyl (C=O) groups is 2. The van der Waals surface area contributed by atoms with Crippen molar-refractivity contribution in [2.75, 3.05) is 13.7 Å². The lowest BCUT2D eigenvalue weighted by atomic mass is 10.2. The van der Waals surface area contributed by atoms with Crippen LogP contribution in [0.3, 0.4) is 0 Å². The molecule has 25 heavy (non-hydrogen) atoms. The molecular weight excluding hydrogens is 346 g/mol. The third kappa shape index (κ3) is 5.53. The molecule has 0 saturated heterocycles. The van der Waals surface area contributed by atoms with Crippen LogP contribution < -0.4 is 14.8 Å². The van der Waals surface area contributed by atoms with Crippen LogP contribution in [0.2, 0.25) is 5.02 Å². The summed E-state index contributed by atoms with van der Waals surface area (Å²) in [6.45, 7) is 3.40. The van der Waals surface area contributed by atoms with E-state index < -0.39 is 5.97 Å². The molecule has 2 rings (SSSR count). The van der Waals surface area contributed by atoms with E-state index in [-0.39, 0.29) is 35.2 Å². The molecule has 1 aliphatic rings. The summed E-state index contributed by atoms with van der Waals surface area (Å²) in [5.41, 5.74) is 0.201. The van der Waals surface area contributed by atoms with Crippen molar-refractivity contribution in [1.82, 2.24) is 5.32 Å². The molecule has 0 aliphatic heterocycles. The Labute approximate surface area is 152 Å². The molecule has 138 valence electrons. The van der Waals surface area contributed by atoms with Crippen molar-refractivity contribution in [3.8, 4) is 11.5 Å². The van der Waals surface area contributed by atoms with E-state index in [1.54, 1.807) is 0 Å². The van der Waals surface area contributed by atoms with Crippen molar-refractivity contribution in [2.45, 2.75) is 51.7 Å². The Morgan fingerprint density at radius 2 is 1.96 bits per heavy atom. The lowest BCUT2D eigenvalue weighted by molar-refractivity contribution is -0.124. The largest absolute Gasteiger partial charge is 0.493 e. The lowest BCUT2D eigenvalue weighted by Gasteiger charge is -2.16. The number of nitrogens with one attached hydrogen (secondary N) is 1. The summed E-state index contributed by atoms with van der Waals surface area (Å²) in [5, 5.41) is 3.11. The fourth-order valence-electron chi connectivity index (χ4n) is 2.74. The van der Waals surface area contributed by atoms with E-state index in [0.717, 1.165) is 25.7 Å². The molecule has 0 radical (unpaired) electrons. The number of rotatable bonds is 7. The van der Waals surface area contributed by atoms with Crippen LogP contribution in [-0.4, -0.2) is 37.7 Å². The SMILES string of the molecule is COc1cc(C(=O)OCC(=O)NC2CCCC2)cc(Cl)c1OC(C)C. The van der Waals surface area contributed by atoms with Crippen LogP contribution in [-0.2, 0) is 9.53 Å². The molecule has 0 spiro atoms. The zero-order valence-corrected chi connectivity index (χ0v) is 15.5. The van der Waals surface area contributed by atoms with E-state index in [2.05, 4.69) is 5.32 Å². The topological polar surface area (TPSA) is 73.9 Å². The van der Waals surface area contributed by atoms with Gasteiger partial charge in [0.25, 0.3) is 5.91 Å². The van der Waals surface area contributed by atoms with Gasteiger partial charge in [-0.3, -0.25) is 4.79 Å². The first-order valence-corrected chi connectivity index (χ1v) is 8.79. The number of hydrogen-bond acceptors (Lipinski definition) is 5. The number of esters is 1. The highest BCUT2D eigenvalue weighted by atomic mass is 35.5. The first kappa shape index (κ1) is 19.4. The molecule has 1 saturated carbocycles. The van der Waals surface area contributed by atoms with E-state index in [1.807, 2.05) is 13.8 Å². The summed E-state index contributed by atoms with van der Waals surface area (Å²) in [4.78, 5) is 24.0. The minimum atomic E-state index is -0.641.